The summed E-state index contributed by atoms with van der Waals surface area (Å²) in [6, 6.07) is -0.193. The van der Waals surface area contributed by atoms with Crippen molar-refractivity contribution in [2.75, 3.05) is 12.3 Å². The average Bonchev–Trinajstić information content (AvgIpc) is 2.93. The summed E-state index contributed by atoms with van der Waals surface area (Å²) < 4.78 is 15.3. The third-order valence-electron chi connectivity index (χ3n) is 3.23. The summed E-state index contributed by atoms with van der Waals surface area (Å²) >= 11 is 0. The van der Waals surface area contributed by atoms with Crippen molar-refractivity contribution < 1.29 is 9.50 Å². The average molecular weight is 249 g/mol. The number of anilines is 1. The van der Waals surface area contributed by atoms with Crippen LogP contribution >= 0.6 is 0 Å². The second-order valence-corrected chi connectivity index (χ2v) is 4.32. The van der Waals surface area contributed by atoms with Crippen LogP contribution < -0.4 is 5.73 Å². The quantitative estimate of drug-likeness (QED) is 0.822. The highest BCUT2D eigenvalue weighted by Crippen LogP contribution is 2.35. The van der Waals surface area contributed by atoms with E-state index < -0.39 is 5.92 Å². The van der Waals surface area contributed by atoms with Gasteiger partial charge in [0.15, 0.2) is 11.5 Å². The molecule has 0 saturated carbocycles. The first-order chi connectivity index (χ1) is 8.70. The van der Waals surface area contributed by atoms with Crippen molar-refractivity contribution in [3.8, 4) is 0 Å². The molecule has 2 aromatic rings. The molecule has 94 valence electrons. The Balaban J connectivity index is 2.04. The van der Waals surface area contributed by atoms with E-state index in [4.69, 9.17) is 10.8 Å². The van der Waals surface area contributed by atoms with Crippen LogP contribution in [-0.2, 0) is 0 Å². The molecule has 2 aromatic heterocycles. The summed E-state index contributed by atoms with van der Waals surface area (Å²) in [5.41, 5.74) is 6.78. The lowest BCUT2D eigenvalue weighted by Crippen LogP contribution is -2.08. The van der Waals surface area contributed by atoms with Crippen LogP contribution in [0.25, 0.3) is 11.2 Å². The molecule has 0 amide bonds. The van der Waals surface area contributed by atoms with Gasteiger partial charge in [-0.1, -0.05) is 0 Å². The van der Waals surface area contributed by atoms with Crippen LogP contribution in [0.1, 0.15) is 12.5 Å². The SMILES string of the molecule is Nc1ncnc2c1ncn2[C@@H]1C=C(F)[C@H](CO)C1. The minimum atomic E-state index is -0.438. The molecule has 6 nitrogen and oxygen atoms in total. The predicted octanol–water partition coefficient (Wildman–Crippen LogP) is 0.815. The number of aliphatic hydroxyl groups excluding tert-OH is 1. The Morgan fingerprint density at radius 1 is 1.44 bits per heavy atom. The van der Waals surface area contributed by atoms with Gasteiger partial charge in [0.1, 0.15) is 17.7 Å². The second-order valence-electron chi connectivity index (χ2n) is 4.32. The highest BCUT2D eigenvalue weighted by Gasteiger charge is 2.28. The van der Waals surface area contributed by atoms with Gasteiger partial charge in [-0.05, 0) is 12.5 Å². The highest BCUT2D eigenvalue weighted by atomic mass is 19.1. The van der Waals surface area contributed by atoms with Crippen molar-refractivity contribution in [1.82, 2.24) is 19.5 Å². The van der Waals surface area contributed by atoms with Crippen molar-refractivity contribution in [3.63, 3.8) is 0 Å². The number of halogens is 1. The normalized spacial score (nSPS) is 23.6. The van der Waals surface area contributed by atoms with Crippen molar-refractivity contribution >= 4 is 17.0 Å². The Hall–Kier alpha value is -2.02. The molecule has 0 fully saturated rings. The van der Waals surface area contributed by atoms with Crippen molar-refractivity contribution in [2.24, 2.45) is 5.92 Å². The molecule has 3 N–H and O–H groups in total. The molecule has 2 atom stereocenters. The number of allylic oxidation sites excluding steroid dienone is 1. The number of nitrogens with zero attached hydrogens (tertiary/aromatic N) is 4. The maximum Gasteiger partial charge on any atom is 0.165 e. The summed E-state index contributed by atoms with van der Waals surface area (Å²) in [4.78, 5) is 12.1. The lowest BCUT2D eigenvalue weighted by atomic mass is 10.1. The monoisotopic (exact) mass is 249 g/mol. The van der Waals surface area contributed by atoms with E-state index in [9.17, 15) is 4.39 Å². The number of nitrogen functional groups attached to an aromatic ring is 1. The van der Waals surface area contributed by atoms with E-state index in [1.54, 1.807) is 10.9 Å². The molecular weight excluding hydrogens is 237 g/mol. The number of imidazole rings is 1. The Morgan fingerprint density at radius 2 is 2.28 bits per heavy atom. The molecule has 0 radical (unpaired) electrons. The summed E-state index contributed by atoms with van der Waals surface area (Å²) in [5.74, 6) is -0.419. The maximum absolute atomic E-state index is 13.5. The minimum absolute atomic E-state index is 0.192. The summed E-state index contributed by atoms with van der Waals surface area (Å²) in [6.45, 7) is -0.192. The molecule has 2 heterocycles. The van der Waals surface area contributed by atoms with Crippen molar-refractivity contribution in [1.29, 1.82) is 0 Å². The van der Waals surface area contributed by atoms with Crippen LogP contribution in [0.2, 0.25) is 0 Å². The number of hydrogen-bond donors (Lipinski definition) is 2. The number of nitrogens with two attached hydrogens (primary N) is 1. The predicted molar refractivity (Wildman–Crippen MR) is 63.2 cm³/mol. The van der Waals surface area contributed by atoms with Gasteiger partial charge in [0, 0.05) is 5.92 Å². The molecule has 18 heavy (non-hydrogen) atoms. The van der Waals surface area contributed by atoms with Crippen LogP contribution in [0.3, 0.4) is 0 Å². The fraction of sp³-hybridized carbons (Fsp3) is 0.364. The molecule has 0 unspecified atom stereocenters. The van der Waals surface area contributed by atoms with E-state index >= 15 is 0 Å². The minimum Gasteiger partial charge on any atom is -0.396 e. The van der Waals surface area contributed by atoms with Crippen molar-refractivity contribution in [2.45, 2.75) is 12.5 Å². The zero-order valence-electron chi connectivity index (χ0n) is 9.49. The standard InChI is InChI=1S/C11H12FN5O/c12-8-2-7(1-6(8)3-18)17-5-16-9-10(13)14-4-15-11(9)17/h2,4-7,18H,1,3H2,(H2,13,14,15)/t6-,7-/m0/s1. The molecule has 3 rings (SSSR count). The van der Waals surface area contributed by atoms with Gasteiger partial charge in [0.05, 0.1) is 19.0 Å². The summed E-state index contributed by atoms with van der Waals surface area (Å²) in [6.07, 6.45) is 4.91. The Labute approximate surface area is 102 Å². The third kappa shape index (κ3) is 1.55. The second kappa shape index (κ2) is 4.02. The lowest BCUT2D eigenvalue weighted by Gasteiger charge is -2.11. The molecule has 1 aliphatic rings. The fourth-order valence-electron chi connectivity index (χ4n) is 2.26. The van der Waals surface area contributed by atoms with Gasteiger partial charge in [-0.25, -0.2) is 19.3 Å². The first-order valence-corrected chi connectivity index (χ1v) is 5.61. The molecule has 7 heteroatoms. The van der Waals surface area contributed by atoms with Crippen LogP contribution in [-0.4, -0.2) is 31.2 Å². The van der Waals surface area contributed by atoms with E-state index in [2.05, 4.69) is 15.0 Å². The zero-order valence-corrected chi connectivity index (χ0v) is 9.49. The van der Waals surface area contributed by atoms with Gasteiger partial charge in [-0.15, -0.1) is 0 Å². The topological polar surface area (TPSA) is 89.9 Å². The van der Waals surface area contributed by atoms with E-state index in [0.29, 0.717) is 23.4 Å². The zero-order chi connectivity index (χ0) is 12.7. The smallest absolute Gasteiger partial charge is 0.165 e. The van der Waals surface area contributed by atoms with Crippen LogP contribution in [0, 0.1) is 5.92 Å². The van der Waals surface area contributed by atoms with Crippen LogP contribution in [0.15, 0.2) is 24.6 Å². The first-order valence-electron chi connectivity index (χ1n) is 5.61. The van der Waals surface area contributed by atoms with Gasteiger partial charge in [-0.2, -0.15) is 0 Å². The van der Waals surface area contributed by atoms with Crippen LogP contribution in [0.5, 0.6) is 0 Å². The Morgan fingerprint density at radius 3 is 3.00 bits per heavy atom. The molecule has 0 bridgehead atoms. The van der Waals surface area contributed by atoms with Gasteiger partial charge >= 0.3 is 0 Å². The van der Waals surface area contributed by atoms with E-state index in [0.717, 1.165) is 0 Å². The summed E-state index contributed by atoms with van der Waals surface area (Å²) in [5, 5.41) is 9.06. The number of aliphatic hydroxyl groups is 1. The number of aromatic nitrogens is 4. The van der Waals surface area contributed by atoms with Gasteiger partial charge < -0.3 is 15.4 Å². The Bertz CT molecular complexity index is 623. The van der Waals surface area contributed by atoms with Gasteiger partial charge in [-0.3, -0.25) is 0 Å². The first kappa shape index (κ1) is 11.1. The van der Waals surface area contributed by atoms with E-state index in [1.165, 1.54) is 12.4 Å². The lowest BCUT2D eigenvalue weighted by molar-refractivity contribution is 0.224. The van der Waals surface area contributed by atoms with Gasteiger partial charge in [0.2, 0.25) is 0 Å². The highest BCUT2D eigenvalue weighted by molar-refractivity contribution is 5.81. The number of rotatable bonds is 2. The maximum atomic E-state index is 13.5. The molecule has 1 aliphatic carbocycles. The molecular formula is C11H12FN5O. The fourth-order valence-corrected chi connectivity index (χ4v) is 2.26. The van der Waals surface area contributed by atoms with E-state index in [-0.39, 0.29) is 18.5 Å². The Kier molecular flexibility index (Phi) is 2.48. The molecule has 0 saturated heterocycles. The molecule has 0 spiro atoms. The van der Waals surface area contributed by atoms with Crippen molar-refractivity contribution in [3.05, 3.63) is 24.6 Å². The number of fused-ring (bicyclic) bond motifs is 1. The van der Waals surface area contributed by atoms with Gasteiger partial charge in [0.25, 0.3) is 0 Å². The van der Waals surface area contributed by atoms with Crippen LogP contribution in [0.4, 0.5) is 10.2 Å². The van der Waals surface area contributed by atoms with E-state index in [1.807, 2.05) is 0 Å². The molecule has 0 aromatic carbocycles. The molecule has 0 aliphatic heterocycles. The summed E-state index contributed by atoms with van der Waals surface area (Å²) in [7, 11) is 0. The third-order valence-corrected chi connectivity index (χ3v) is 3.23. The number of hydrogen-bond acceptors (Lipinski definition) is 5. The largest absolute Gasteiger partial charge is 0.396 e.